The maximum Gasteiger partial charge on any atom is 0.248 e. The molecule has 0 aromatic heterocycles. The van der Waals surface area contributed by atoms with Crippen molar-refractivity contribution in [2.24, 2.45) is 16.8 Å². The van der Waals surface area contributed by atoms with Crippen LogP contribution in [0.2, 0.25) is 0 Å². The fourth-order valence-corrected chi connectivity index (χ4v) is 2.05. The number of alkyl halides is 2. The summed E-state index contributed by atoms with van der Waals surface area (Å²) in [6.45, 7) is 1.62. The van der Waals surface area contributed by atoms with Gasteiger partial charge < -0.3 is 15.8 Å². The first-order chi connectivity index (χ1) is 8.28. The molecule has 0 aromatic rings. The fraction of sp³-hybridized carbons (Fsp3) is 0.818. The Morgan fingerprint density at radius 3 is 2.44 bits per heavy atom. The number of carbonyl (C=O) groups excluding carboxylic acids is 1. The topological polar surface area (TPSA) is 78.9 Å². The number of rotatable bonds is 3. The molecule has 1 amide bonds. The summed E-state index contributed by atoms with van der Waals surface area (Å²) in [4.78, 5) is 13.4. The number of likely N-dealkylation sites (N-methyl/N-ethyl adjacent to an activating group) is 1. The number of halogens is 2. The van der Waals surface area contributed by atoms with Crippen LogP contribution in [-0.2, 0) is 4.79 Å². The Bertz CT molecular complexity index is 337. The molecule has 0 spiro atoms. The summed E-state index contributed by atoms with van der Waals surface area (Å²) in [6.07, 6.45) is -0.150. The normalized spacial score (nSPS) is 22.6. The maximum atomic E-state index is 13.0. The van der Waals surface area contributed by atoms with Crippen molar-refractivity contribution in [1.29, 1.82) is 0 Å². The van der Waals surface area contributed by atoms with Crippen LogP contribution in [0.4, 0.5) is 8.78 Å². The SMILES string of the molecule is CC(C(N)=NO)N(C)C(=O)C1CCC(F)(F)CC1. The third kappa shape index (κ3) is 3.30. The minimum Gasteiger partial charge on any atom is -0.409 e. The summed E-state index contributed by atoms with van der Waals surface area (Å²) in [5.74, 6) is -3.35. The van der Waals surface area contributed by atoms with Crippen LogP contribution < -0.4 is 5.73 Å². The van der Waals surface area contributed by atoms with Crippen LogP contribution >= 0.6 is 0 Å². The van der Waals surface area contributed by atoms with Crippen molar-refractivity contribution in [3.8, 4) is 0 Å². The number of nitrogens with two attached hydrogens (primary N) is 1. The lowest BCUT2D eigenvalue weighted by molar-refractivity contribution is -0.139. The number of nitrogens with zero attached hydrogens (tertiary/aromatic N) is 2. The van der Waals surface area contributed by atoms with E-state index in [0.717, 1.165) is 0 Å². The van der Waals surface area contributed by atoms with Gasteiger partial charge in [0, 0.05) is 25.8 Å². The molecule has 0 bridgehead atoms. The van der Waals surface area contributed by atoms with Gasteiger partial charge in [-0.2, -0.15) is 0 Å². The number of hydrogen-bond acceptors (Lipinski definition) is 3. The smallest absolute Gasteiger partial charge is 0.248 e. The molecule has 0 aromatic carbocycles. The minimum absolute atomic E-state index is 0.0769. The highest BCUT2D eigenvalue weighted by atomic mass is 19.3. The molecule has 0 radical (unpaired) electrons. The summed E-state index contributed by atoms with van der Waals surface area (Å²) in [5.41, 5.74) is 5.41. The predicted molar refractivity (Wildman–Crippen MR) is 62.5 cm³/mol. The van der Waals surface area contributed by atoms with Gasteiger partial charge in [0.2, 0.25) is 11.8 Å². The fourth-order valence-electron chi connectivity index (χ4n) is 2.05. The molecule has 18 heavy (non-hydrogen) atoms. The average molecular weight is 263 g/mol. The predicted octanol–water partition coefficient (Wildman–Crippen LogP) is 1.41. The summed E-state index contributed by atoms with van der Waals surface area (Å²) in [6, 6.07) is -0.551. The monoisotopic (exact) mass is 263 g/mol. The van der Waals surface area contributed by atoms with Gasteiger partial charge in [0.25, 0.3) is 0 Å². The van der Waals surface area contributed by atoms with Crippen molar-refractivity contribution in [2.75, 3.05) is 7.05 Å². The van der Waals surface area contributed by atoms with Gasteiger partial charge >= 0.3 is 0 Å². The minimum atomic E-state index is -2.65. The van der Waals surface area contributed by atoms with Gasteiger partial charge in [0.05, 0.1) is 6.04 Å². The second-order valence-corrected chi connectivity index (χ2v) is 4.78. The van der Waals surface area contributed by atoms with Crippen molar-refractivity contribution in [2.45, 2.75) is 44.6 Å². The summed E-state index contributed by atoms with van der Waals surface area (Å²) in [5, 5.41) is 11.4. The number of amides is 1. The molecule has 7 heteroatoms. The van der Waals surface area contributed by atoms with E-state index in [1.54, 1.807) is 6.92 Å². The first-order valence-corrected chi connectivity index (χ1v) is 5.90. The lowest BCUT2D eigenvalue weighted by Crippen LogP contribution is -2.47. The Labute approximate surface area is 105 Å². The molecule has 1 rings (SSSR count). The second kappa shape index (κ2) is 5.49. The number of oxime groups is 1. The van der Waals surface area contributed by atoms with Crippen LogP contribution in [0.25, 0.3) is 0 Å². The Morgan fingerprint density at radius 1 is 1.50 bits per heavy atom. The Hall–Kier alpha value is -1.40. The van der Waals surface area contributed by atoms with Crippen molar-refractivity contribution in [3.05, 3.63) is 0 Å². The first kappa shape index (κ1) is 14.7. The van der Waals surface area contributed by atoms with Gasteiger partial charge in [-0.05, 0) is 19.8 Å². The van der Waals surface area contributed by atoms with Crippen molar-refractivity contribution in [3.63, 3.8) is 0 Å². The molecule has 1 fully saturated rings. The first-order valence-electron chi connectivity index (χ1n) is 5.90. The molecular weight excluding hydrogens is 244 g/mol. The highest BCUT2D eigenvalue weighted by molar-refractivity contribution is 5.90. The van der Waals surface area contributed by atoms with E-state index in [-0.39, 0.29) is 37.4 Å². The lowest BCUT2D eigenvalue weighted by Gasteiger charge is -2.32. The molecule has 0 saturated heterocycles. The molecule has 104 valence electrons. The third-order valence-electron chi connectivity index (χ3n) is 3.54. The van der Waals surface area contributed by atoms with E-state index in [1.165, 1.54) is 11.9 Å². The van der Waals surface area contributed by atoms with E-state index in [0.29, 0.717) is 0 Å². The van der Waals surface area contributed by atoms with Crippen molar-refractivity contribution < 1.29 is 18.8 Å². The van der Waals surface area contributed by atoms with Crippen LogP contribution in [0.1, 0.15) is 32.6 Å². The number of carbonyl (C=O) groups is 1. The Balaban J connectivity index is 2.60. The summed E-state index contributed by atoms with van der Waals surface area (Å²) >= 11 is 0. The zero-order valence-corrected chi connectivity index (χ0v) is 10.6. The van der Waals surface area contributed by atoms with Crippen LogP contribution in [0.3, 0.4) is 0 Å². The summed E-state index contributed by atoms with van der Waals surface area (Å²) < 4.78 is 26.0. The van der Waals surface area contributed by atoms with Crippen LogP contribution in [-0.4, -0.2) is 40.9 Å². The molecule has 5 nitrogen and oxygen atoms in total. The molecule has 1 saturated carbocycles. The van der Waals surface area contributed by atoms with Crippen molar-refractivity contribution >= 4 is 11.7 Å². The van der Waals surface area contributed by atoms with Crippen LogP contribution in [0.15, 0.2) is 5.16 Å². The van der Waals surface area contributed by atoms with Gasteiger partial charge in [-0.3, -0.25) is 4.79 Å². The second-order valence-electron chi connectivity index (χ2n) is 4.78. The molecular formula is C11H19F2N3O2. The molecule has 0 heterocycles. The highest BCUT2D eigenvalue weighted by Gasteiger charge is 2.38. The average Bonchev–Trinajstić information content (AvgIpc) is 2.35. The van der Waals surface area contributed by atoms with Gasteiger partial charge in [-0.1, -0.05) is 5.16 Å². The highest BCUT2D eigenvalue weighted by Crippen LogP contribution is 2.36. The zero-order chi connectivity index (χ0) is 13.9. The van der Waals surface area contributed by atoms with Gasteiger partial charge in [0.1, 0.15) is 0 Å². The van der Waals surface area contributed by atoms with E-state index >= 15 is 0 Å². The van der Waals surface area contributed by atoms with Gasteiger partial charge in [0.15, 0.2) is 5.84 Å². The van der Waals surface area contributed by atoms with E-state index in [9.17, 15) is 13.6 Å². The van der Waals surface area contributed by atoms with Gasteiger partial charge in [-0.15, -0.1) is 0 Å². The molecule has 1 aliphatic rings. The van der Waals surface area contributed by atoms with E-state index in [1.807, 2.05) is 0 Å². The standard InChI is InChI=1S/C11H19F2N3O2/c1-7(9(14)15-18)16(2)10(17)8-3-5-11(12,13)6-4-8/h7-8,18H,3-6H2,1-2H3,(H2,14,15). The number of hydrogen-bond donors (Lipinski definition) is 2. The van der Waals surface area contributed by atoms with E-state index < -0.39 is 17.9 Å². The van der Waals surface area contributed by atoms with E-state index in [2.05, 4.69) is 5.16 Å². The largest absolute Gasteiger partial charge is 0.409 e. The van der Waals surface area contributed by atoms with Gasteiger partial charge in [-0.25, -0.2) is 8.78 Å². The Kier molecular flexibility index (Phi) is 4.48. The van der Waals surface area contributed by atoms with Crippen molar-refractivity contribution in [1.82, 2.24) is 4.90 Å². The Morgan fingerprint density at radius 2 is 2.00 bits per heavy atom. The molecule has 3 N–H and O–H groups in total. The van der Waals surface area contributed by atoms with Crippen LogP contribution in [0, 0.1) is 5.92 Å². The molecule has 1 atom stereocenters. The zero-order valence-electron chi connectivity index (χ0n) is 10.6. The molecule has 1 unspecified atom stereocenters. The van der Waals surface area contributed by atoms with E-state index in [4.69, 9.17) is 10.9 Å². The third-order valence-corrected chi connectivity index (χ3v) is 3.54. The van der Waals surface area contributed by atoms with Crippen LogP contribution in [0.5, 0.6) is 0 Å². The lowest BCUT2D eigenvalue weighted by atomic mass is 9.85. The maximum absolute atomic E-state index is 13.0. The molecule has 1 aliphatic carbocycles. The molecule has 0 aliphatic heterocycles. The number of amidine groups is 1. The quantitative estimate of drug-likeness (QED) is 0.349. The summed E-state index contributed by atoms with van der Waals surface area (Å²) in [7, 11) is 1.53.